The molecule has 2 saturated carbocycles. The van der Waals surface area contributed by atoms with Gasteiger partial charge in [-0.1, -0.05) is 38.5 Å². The molecule has 3 nitrogen and oxygen atoms in total. The van der Waals surface area contributed by atoms with Crippen molar-refractivity contribution in [2.45, 2.75) is 64.2 Å². The van der Waals surface area contributed by atoms with Gasteiger partial charge in [-0.05, 0) is 31.6 Å². The Kier molecular flexibility index (Phi) is 4.63. The molecular weight excluding hydrogens is 224 g/mol. The molecule has 3 heteroatoms. The highest BCUT2D eigenvalue weighted by atomic mass is 16.2. The van der Waals surface area contributed by atoms with Crippen LogP contribution in [0.2, 0.25) is 0 Å². The Labute approximate surface area is 110 Å². The molecule has 0 aliphatic heterocycles. The Bertz CT molecular complexity index is 320. The molecule has 1 N–H and O–H groups in total. The number of nitrogens with one attached hydrogen (secondary N) is 1. The van der Waals surface area contributed by atoms with Crippen LogP contribution in [0.15, 0.2) is 0 Å². The number of carbonyl (C=O) groups excluding carboxylic acids is 1. The Balaban J connectivity index is 1.77. The fourth-order valence-electron chi connectivity index (χ4n) is 2.89. The molecule has 0 heterocycles. The Morgan fingerprint density at radius 3 is 2.44 bits per heavy atom. The SMILES string of the molecule is N#CC1(C(=O)NCCCC2CC2)CCCCCC1. The number of hydrogen-bond donors (Lipinski definition) is 1. The molecule has 1 amide bonds. The second-order valence-electron chi connectivity index (χ2n) is 5.95. The summed E-state index contributed by atoms with van der Waals surface area (Å²) in [6, 6.07) is 2.31. The maximum atomic E-state index is 12.2. The summed E-state index contributed by atoms with van der Waals surface area (Å²) in [4.78, 5) is 12.2. The van der Waals surface area contributed by atoms with Gasteiger partial charge < -0.3 is 5.32 Å². The molecule has 0 aromatic rings. The molecule has 2 rings (SSSR count). The third-order valence-electron chi connectivity index (χ3n) is 4.38. The summed E-state index contributed by atoms with van der Waals surface area (Å²) in [5.41, 5.74) is -0.726. The first-order valence-electron chi connectivity index (χ1n) is 7.46. The van der Waals surface area contributed by atoms with Crippen molar-refractivity contribution in [1.82, 2.24) is 5.32 Å². The van der Waals surface area contributed by atoms with Gasteiger partial charge in [-0.25, -0.2) is 0 Å². The normalized spacial score (nSPS) is 22.8. The predicted molar refractivity (Wildman–Crippen MR) is 70.7 cm³/mol. The molecule has 2 fully saturated rings. The summed E-state index contributed by atoms with van der Waals surface area (Å²) >= 11 is 0. The highest BCUT2D eigenvalue weighted by Gasteiger charge is 2.38. The maximum absolute atomic E-state index is 12.2. The van der Waals surface area contributed by atoms with Crippen molar-refractivity contribution >= 4 is 5.91 Å². The van der Waals surface area contributed by atoms with Gasteiger partial charge in [-0.3, -0.25) is 4.79 Å². The highest BCUT2D eigenvalue weighted by molar-refractivity contribution is 5.85. The molecule has 100 valence electrons. The number of rotatable bonds is 5. The molecule has 18 heavy (non-hydrogen) atoms. The number of carbonyl (C=O) groups is 1. The van der Waals surface area contributed by atoms with Crippen LogP contribution in [-0.4, -0.2) is 12.5 Å². The lowest BCUT2D eigenvalue weighted by atomic mass is 9.81. The van der Waals surface area contributed by atoms with E-state index in [4.69, 9.17) is 0 Å². The zero-order valence-electron chi connectivity index (χ0n) is 11.2. The van der Waals surface area contributed by atoms with Crippen LogP contribution in [-0.2, 0) is 4.79 Å². The first-order chi connectivity index (χ1) is 8.77. The quantitative estimate of drug-likeness (QED) is 0.600. The van der Waals surface area contributed by atoms with E-state index in [0.29, 0.717) is 0 Å². The van der Waals surface area contributed by atoms with E-state index < -0.39 is 5.41 Å². The smallest absolute Gasteiger partial charge is 0.240 e. The van der Waals surface area contributed by atoms with Crippen molar-refractivity contribution < 1.29 is 4.79 Å². The lowest BCUT2D eigenvalue weighted by molar-refractivity contribution is -0.128. The van der Waals surface area contributed by atoms with Gasteiger partial charge in [0.25, 0.3) is 0 Å². The summed E-state index contributed by atoms with van der Waals surface area (Å²) in [6.45, 7) is 0.749. The van der Waals surface area contributed by atoms with Crippen molar-refractivity contribution in [2.75, 3.05) is 6.54 Å². The van der Waals surface area contributed by atoms with Gasteiger partial charge in [0.2, 0.25) is 5.91 Å². The third kappa shape index (κ3) is 3.48. The molecule has 0 aromatic heterocycles. The summed E-state index contributed by atoms with van der Waals surface area (Å²) in [7, 11) is 0. The molecule has 0 radical (unpaired) electrons. The average molecular weight is 248 g/mol. The van der Waals surface area contributed by atoms with Crippen LogP contribution < -0.4 is 5.32 Å². The van der Waals surface area contributed by atoms with E-state index in [1.165, 1.54) is 32.1 Å². The predicted octanol–water partition coefficient (Wildman–Crippen LogP) is 3.16. The number of nitriles is 1. The van der Waals surface area contributed by atoms with E-state index in [2.05, 4.69) is 11.4 Å². The van der Waals surface area contributed by atoms with Crippen LogP contribution >= 0.6 is 0 Å². The van der Waals surface area contributed by atoms with Crippen LogP contribution in [0, 0.1) is 22.7 Å². The second-order valence-corrected chi connectivity index (χ2v) is 5.95. The zero-order valence-corrected chi connectivity index (χ0v) is 11.2. The molecule has 0 atom stereocenters. The molecular formula is C15H24N2O. The van der Waals surface area contributed by atoms with Gasteiger partial charge in [-0.2, -0.15) is 5.26 Å². The minimum Gasteiger partial charge on any atom is -0.355 e. The maximum Gasteiger partial charge on any atom is 0.240 e. The molecule has 2 aliphatic rings. The van der Waals surface area contributed by atoms with Crippen LogP contribution in [0.25, 0.3) is 0 Å². The van der Waals surface area contributed by atoms with Crippen molar-refractivity contribution in [1.29, 1.82) is 5.26 Å². The van der Waals surface area contributed by atoms with Crippen LogP contribution in [0.5, 0.6) is 0 Å². The summed E-state index contributed by atoms with van der Waals surface area (Å²) in [5.74, 6) is 0.910. The van der Waals surface area contributed by atoms with Gasteiger partial charge >= 0.3 is 0 Å². The third-order valence-corrected chi connectivity index (χ3v) is 4.38. The zero-order chi connectivity index (χ0) is 12.8. The first kappa shape index (κ1) is 13.4. The van der Waals surface area contributed by atoms with Crippen molar-refractivity contribution in [3.63, 3.8) is 0 Å². The number of hydrogen-bond acceptors (Lipinski definition) is 2. The van der Waals surface area contributed by atoms with E-state index in [1.807, 2.05) is 0 Å². The molecule has 2 aliphatic carbocycles. The molecule has 0 aromatic carbocycles. The summed E-state index contributed by atoms with van der Waals surface area (Å²) < 4.78 is 0. The van der Waals surface area contributed by atoms with E-state index in [-0.39, 0.29) is 5.91 Å². The van der Waals surface area contributed by atoms with Crippen LogP contribution in [0.1, 0.15) is 64.2 Å². The van der Waals surface area contributed by atoms with E-state index >= 15 is 0 Å². The molecule has 0 saturated heterocycles. The minimum atomic E-state index is -0.726. The molecule has 0 unspecified atom stereocenters. The Morgan fingerprint density at radius 1 is 1.22 bits per heavy atom. The van der Waals surface area contributed by atoms with Crippen LogP contribution in [0.3, 0.4) is 0 Å². The topological polar surface area (TPSA) is 52.9 Å². The minimum absolute atomic E-state index is 0.0114. The van der Waals surface area contributed by atoms with Crippen molar-refractivity contribution in [2.24, 2.45) is 11.3 Å². The molecule has 0 bridgehead atoms. The van der Waals surface area contributed by atoms with Crippen molar-refractivity contribution in [3.8, 4) is 6.07 Å². The number of amides is 1. The average Bonchev–Trinajstić information content (AvgIpc) is 3.21. The summed E-state index contributed by atoms with van der Waals surface area (Å²) in [6.07, 6.45) is 10.9. The van der Waals surface area contributed by atoms with E-state index in [9.17, 15) is 10.1 Å². The first-order valence-corrected chi connectivity index (χ1v) is 7.46. The fourth-order valence-corrected chi connectivity index (χ4v) is 2.89. The van der Waals surface area contributed by atoms with E-state index in [0.717, 1.165) is 44.6 Å². The Hall–Kier alpha value is -1.04. The van der Waals surface area contributed by atoms with Gasteiger partial charge in [-0.15, -0.1) is 0 Å². The Morgan fingerprint density at radius 2 is 1.89 bits per heavy atom. The van der Waals surface area contributed by atoms with Crippen molar-refractivity contribution in [3.05, 3.63) is 0 Å². The van der Waals surface area contributed by atoms with Gasteiger partial charge in [0, 0.05) is 6.54 Å². The summed E-state index contributed by atoms with van der Waals surface area (Å²) in [5, 5.41) is 12.4. The lowest BCUT2D eigenvalue weighted by Gasteiger charge is -2.23. The van der Waals surface area contributed by atoms with Gasteiger partial charge in [0.15, 0.2) is 0 Å². The van der Waals surface area contributed by atoms with Gasteiger partial charge in [0.1, 0.15) is 5.41 Å². The highest BCUT2D eigenvalue weighted by Crippen LogP contribution is 2.35. The molecule has 0 spiro atoms. The van der Waals surface area contributed by atoms with Gasteiger partial charge in [0.05, 0.1) is 6.07 Å². The van der Waals surface area contributed by atoms with Crippen LogP contribution in [0.4, 0.5) is 0 Å². The largest absolute Gasteiger partial charge is 0.355 e. The standard InChI is InChI=1S/C15H24N2O/c16-12-15(9-3-1-2-4-10-15)14(18)17-11-5-6-13-7-8-13/h13H,1-11H2,(H,17,18). The number of nitrogens with zero attached hydrogens (tertiary/aromatic N) is 1. The fraction of sp³-hybridized carbons (Fsp3) is 0.867. The second kappa shape index (κ2) is 6.22. The lowest BCUT2D eigenvalue weighted by Crippen LogP contribution is -2.40. The monoisotopic (exact) mass is 248 g/mol. The van der Waals surface area contributed by atoms with E-state index in [1.54, 1.807) is 0 Å².